The van der Waals surface area contributed by atoms with Crippen LogP contribution in [-0.2, 0) is 0 Å². The van der Waals surface area contributed by atoms with Crippen LogP contribution >= 0.6 is 0 Å². The van der Waals surface area contributed by atoms with Gasteiger partial charge in [-0.2, -0.15) is 0 Å². The molecule has 1 aliphatic rings. The maximum Gasteiger partial charge on any atom is -0.0102 e. The molecular formula is C11H14. The smallest absolute Gasteiger partial charge is 0.0102 e. The Balaban J connectivity index is 2.43. The average molecular weight is 146 g/mol. The van der Waals surface area contributed by atoms with Crippen LogP contribution in [0.5, 0.6) is 0 Å². The molecule has 0 aromatic carbocycles. The van der Waals surface area contributed by atoms with Crippen LogP contribution < -0.4 is 0 Å². The van der Waals surface area contributed by atoms with Crippen molar-refractivity contribution in [1.29, 1.82) is 0 Å². The van der Waals surface area contributed by atoms with Crippen molar-refractivity contribution in [1.82, 2.24) is 0 Å². The van der Waals surface area contributed by atoms with Crippen molar-refractivity contribution < 1.29 is 0 Å². The van der Waals surface area contributed by atoms with Gasteiger partial charge in [0.05, 0.1) is 0 Å². The fraction of sp³-hybridized carbons (Fsp3) is 0.273. The SMILES string of the molecule is C=CC=C(C)CC1=CC=CC1. The molecule has 0 saturated carbocycles. The second-order valence-corrected chi connectivity index (χ2v) is 2.88. The first-order chi connectivity index (χ1) is 5.33. The van der Waals surface area contributed by atoms with Crippen molar-refractivity contribution in [3.8, 4) is 0 Å². The lowest BCUT2D eigenvalue weighted by molar-refractivity contribution is 1.06. The first-order valence-corrected chi connectivity index (χ1v) is 3.95. The summed E-state index contributed by atoms with van der Waals surface area (Å²) in [6.07, 6.45) is 12.6. The number of allylic oxidation sites excluding steroid dienone is 7. The molecule has 1 rings (SSSR count). The topological polar surface area (TPSA) is 0 Å². The Kier molecular flexibility index (Phi) is 2.91. The predicted octanol–water partition coefficient (Wildman–Crippen LogP) is 3.40. The molecule has 0 aliphatic heterocycles. The van der Waals surface area contributed by atoms with Gasteiger partial charge in [-0.3, -0.25) is 0 Å². The van der Waals surface area contributed by atoms with Crippen molar-refractivity contribution in [2.24, 2.45) is 0 Å². The van der Waals surface area contributed by atoms with Crippen molar-refractivity contribution in [2.75, 3.05) is 0 Å². The fourth-order valence-corrected chi connectivity index (χ4v) is 1.24. The molecule has 0 atom stereocenters. The Morgan fingerprint density at radius 3 is 3.09 bits per heavy atom. The predicted molar refractivity (Wildman–Crippen MR) is 50.4 cm³/mol. The highest BCUT2D eigenvalue weighted by Gasteiger charge is 1.98. The van der Waals surface area contributed by atoms with Crippen LogP contribution in [0, 0.1) is 0 Å². The van der Waals surface area contributed by atoms with E-state index in [2.05, 4.69) is 37.8 Å². The quantitative estimate of drug-likeness (QED) is 0.535. The van der Waals surface area contributed by atoms with Crippen LogP contribution in [0.1, 0.15) is 19.8 Å². The summed E-state index contributed by atoms with van der Waals surface area (Å²) in [6.45, 7) is 5.80. The van der Waals surface area contributed by atoms with E-state index in [1.54, 1.807) is 0 Å². The van der Waals surface area contributed by atoms with Gasteiger partial charge in [0, 0.05) is 0 Å². The maximum absolute atomic E-state index is 3.66. The van der Waals surface area contributed by atoms with Crippen molar-refractivity contribution in [3.05, 3.63) is 48.1 Å². The Bertz CT molecular complexity index is 220. The van der Waals surface area contributed by atoms with Crippen LogP contribution in [0.4, 0.5) is 0 Å². The van der Waals surface area contributed by atoms with Gasteiger partial charge in [0.1, 0.15) is 0 Å². The first-order valence-electron chi connectivity index (χ1n) is 3.95. The zero-order chi connectivity index (χ0) is 8.10. The highest BCUT2D eigenvalue weighted by atomic mass is 14.0. The molecule has 0 N–H and O–H groups in total. The van der Waals surface area contributed by atoms with E-state index in [-0.39, 0.29) is 0 Å². The molecule has 0 spiro atoms. The van der Waals surface area contributed by atoms with Crippen LogP contribution in [-0.4, -0.2) is 0 Å². The van der Waals surface area contributed by atoms with Gasteiger partial charge in [0.25, 0.3) is 0 Å². The molecule has 0 heterocycles. The van der Waals surface area contributed by atoms with E-state index in [1.807, 2.05) is 6.08 Å². The zero-order valence-corrected chi connectivity index (χ0v) is 7.01. The zero-order valence-electron chi connectivity index (χ0n) is 7.01. The Hall–Kier alpha value is -1.04. The fourth-order valence-electron chi connectivity index (χ4n) is 1.24. The Labute approximate surface area is 68.6 Å². The van der Waals surface area contributed by atoms with E-state index in [9.17, 15) is 0 Å². The van der Waals surface area contributed by atoms with Crippen LogP contribution in [0.3, 0.4) is 0 Å². The van der Waals surface area contributed by atoms with E-state index in [0.717, 1.165) is 12.8 Å². The molecular weight excluding hydrogens is 132 g/mol. The minimum Gasteiger partial charge on any atom is -0.0991 e. The number of hydrogen-bond donors (Lipinski definition) is 0. The first kappa shape index (κ1) is 8.06. The number of hydrogen-bond acceptors (Lipinski definition) is 0. The molecule has 0 amide bonds. The third-order valence-corrected chi connectivity index (χ3v) is 1.76. The largest absolute Gasteiger partial charge is 0.0991 e. The second-order valence-electron chi connectivity index (χ2n) is 2.88. The highest BCUT2D eigenvalue weighted by molar-refractivity contribution is 5.27. The van der Waals surface area contributed by atoms with Crippen LogP contribution in [0.25, 0.3) is 0 Å². The number of rotatable bonds is 3. The summed E-state index contributed by atoms with van der Waals surface area (Å²) in [5.74, 6) is 0. The molecule has 0 heteroatoms. The lowest BCUT2D eigenvalue weighted by Gasteiger charge is -1.99. The average Bonchev–Trinajstić information content (AvgIpc) is 2.40. The van der Waals surface area contributed by atoms with Gasteiger partial charge in [-0.1, -0.05) is 48.1 Å². The summed E-state index contributed by atoms with van der Waals surface area (Å²) >= 11 is 0. The summed E-state index contributed by atoms with van der Waals surface area (Å²) in [6, 6.07) is 0. The molecule has 0 saturated heterocycles. The lowest BCUT2D eigenvalue weighted by atomic mass is 10.1. The summed E-state index contributed by atoms with van der Waals surface area (Å²) in [5.41, 5.74) is 2.88. The Morgan fingerprint density at radius 2 is 2.55 bits per heavy atom. The van der Waals surface area contributed by atoms with Crippen molar-refractivity contribution in [2.45, 2.75) is 19.8 Å². The monoisotopic (exact) mass is 146 g/mol. The van der Waals surface area contributed by atoms with Gasteiger partial charge in [0.15, 0.2) is 0 Å². The molecule has 0 radical (unpaired) electrons. The van der Waals surface area contributed by atoms with E-state index in [1.165, 1.54) is 11.1 Å². The summed E-state index contributed by atoms with van der Waals surface area (Å²) in [5, 5.41) is 0. The normalized spacial score (nSPS) is 16.8. The van der Waals surface area contributed by atoms with Crippen LogP contribution in [0.15, 0.2) is 48.1 Å². The van der Waals surface area contributed by atoms with E-state index in [0.29, 0.717) is 0 Å². The van der Waals surface area contributed by atoms with Gasteiger partial charge in [-0.05, 0) is 19.8 Å². The molecule has 0 nitrogen and oxygen atoms in total. The maximum atomic E-state index is 3.66. The van der Waals surface area contributed by atoms with E-state index < -0.39 is 0 Å². The molecule has 0 aromatic heterocycles. The molecule has 0 aromatic rings. The van der Waals surface area contributed by atoms with Gasteiger partial charge in [-0.25, -0.2) is 0 Å². The van der Waals surface area contributed by atoms with Crippen LogP contribution in [0.2, 0.25) is 0 Å². The second kappa shape index (κ2) is 3.97. The molecule has 0 bridgehead atoms. The van der Waals surface area contributed by atoms with Gasteiger partial charge >= 0.3 is 0 Å². The molecule has 1 aliphatic carbocycles. The van der Waals surface area contributed by atoms with E-state index in [4.69, 9.17) is 0 Å². The molecule has 11 heavy (non-hydrogen) atoms. The third-order valence-electron chi connectivity index (χ3n) is 1.76. The van der Waals surface area contributed by atoms with Gasteiger partial charge < -0.3 is 0 Å². The summed E-state index contributed by atoms with van der Waals surface area (Å²) in [7, 11) is 0. The highest BCUT2D eigenvalue weighted by Crippen LogP contribution is 2.18. The summed E-state index contributed by atoms with van der Waals surface area (Å²) < 4.78 is 0. The molecule has 0 unspecified atom stereocenters. The van der Waals surface area contributed by atoms with Gasteiger partial charge in [0.2, 0.25) is 0 Å². The standard InChI is InChI=1S/C11H14/c1-3-6-10(2)9-11-7-4-5-8-11/h3-7H,1,8-9H2,2H3. The molecule has 58 valence electrons. The van der Waals surface area contributed by atoms with Crippen molar-refractivity contribution >= 4 is 0 Å². The van der Waals surface area contributed by atoms with Crippen molar-refractivity contribution in [3.63, 3.8) is 0 Å². The van der Waals surface area contributed by atoms with Gasteiger partial charge in [-0.15, -0.1) is 0 Å². The molecule has 0 fully saturated rings. The minimum absolute atomic E-state index is 1.10. The minimum atomic E-state index is 1.10. The third kappa shape index (κ3) is 2.58. The lowest BCUT2D eigenvalue weighted by Crippen LogP contribution is -1.80. The Morgan fingerprint density at radius 1 is 1.73 bits per heavy atom. The summed E-state index contributed by atoms with van der Waals surface area (Å²) in [4.78, 5) is 0. The van der Waals surface area contributed by atoms with E-state index >= 15 is 0 Å².